The quantitative estimate of drug-likeness (QED) is 0.536. The molecule has 10 nitrogen and oxygen atoms in total. The van der Waals surface area contributed by atoms with Crippen LogP contribution in [0.3, 0.4) is 0 Å². The van der Waals surface area contributed by atoms with Crippen molar-refractivity contribution in [3.63, 3.8) is 0 Å². The van der Waals surface area contributed by atoms with Gasteiger partial charge in [0.15, 0.2) is 5.82 Å². The number of hydrogen-bond donors (Lipinski definition) is 2. The molecule has 144 valence electrons. The van der Waals surface area contributed by atoms with Crippen molar-refractivity contribution >= 4 is 28.6 Å². The number of ether oxygens (including phenoxy) is 1. The van der Waals surface area contributed by atoms with Crippen LogP contribution in [0.15, 0.2) is 18.6 Å². The number of anilines is 3. The van der Waals surface area contributed by atoms with Gasteiger partial charge in [0.25, 0.3) is 0 Å². The van der Waals surface area contributed by atoms with Gasteiger partial charge in [0.1, 0.15) is 28.9 Å². The third kappa shape index (κ3) is 4.29. The van der Waals surface area contributed by atoms with Gasteiger partial charge in [-0.25, -0.2) is 15.0 Å². The van der Waals surface area contributed by atoms with Crippen molar-refractivity contribution in [2.24, 2.45) is 0 Å². The van der Waals surface area contributed by atoms with Gasteiger partial charge in [-0.2, -0.15) is 10.1 Å². The fourth-order valence-corrected chi connectivity index (χ4v) is 2.65. The summed E-state index contributed by atoms with van der Waals surface area (Å²) in [5, 5.41) is 11.2. The fraction of sp³-hybridized carbons (Fsp3) is 0.471. The topological polar surface area (TPSA) is 106 Å². The molecule has 2 N–H and O–H groups in total. The van der Waals surface area contributed by atoms with Crippen molar-refractivity contribution in [3.8, 4) is 0 Å². The molecular formula is C17H25N9O. The largest absolute Gasteiger partial charge is 0.380 e. The Bertz CT molecular complexity index is 879. The average Bonchev–Trinajstić information content (AvgIpc) is 3.01. The molecule has 0 aliphatic carbocycles. The van der Waals surface area contributed by atoms with Crippen molar-refractivity contribution in [1.82, 2.24) is 35.0 Å². The second-order valence-electron chi connectivity index (χ2n) is 6.08. The van der Waals surface area contributed by atoms with E-state index in [0.717, 1.165) is 16.7 Å². The van der Waals surface area contributed by atoms with Gasteiger partial charge in [0.05, 0.1) is 13.2 Å². The summed E-state index contributed by atoms with van der Waals surface area (Å²) in [6.07, 6.45) is 3.17. The Kier molecular flexibility index (Phi) is 6.09. The van der Waals surface area contributed by atoms with Crippen molar-refractivity contribution in [1.29, 1.82) is 0 Å². The Morgan fingerprint density at radius 1 is 1.26 bits per heavy atom. The molecule has 0 aliphatic heterocycles. The Hall–Kier alpha value is -2.85. The molecule has 3 rings (SSSR count). The normalized spacial score (nSPS) is 11.1. The Morgan fingerprint density at radius 3 is 2.78 bits per heavy atom. The van der Waals surface area contributed by atoms with E-state index in [0.29, 0.717) is 43.9 Å². The van der Waals surface area contributed by atoms with Crippen LogP contribution in [0.2, 0.25) is 0 Å². The summed E-state index contributed by atoms with van der Waals surface area (Å²) < 4.78 is 7.40. The third-order valence-corrected chi connectivity index (χ3v) is 3.87. The molecule has 0 amide bonds. The molecule has 3 aromatic rings. The zero-order valence-electron chi connectivity index (χ0n) is 16.1. The van der Waals surface area contributed by atoms with Crippen LogP contribution in [0.25, 0.3) is 11.0 Å². The molecule has 10 heteroatoms. The maximum absolute atomic E-state index is 5.51. The molecule has 0 aliphatic rings. The summed E-state index contributed by atoms with van der Waals surface area (Å²) in [6, 6.07) is 1.79. The van der Waals surface area contributed by atoms with Crippen LogP contribution in [0.4, 0.5) is 17.6 Å². The number of nitrogens with one attached hydrogen (secondary N) is 2. The van der Waals surface area contributed by atoms with Crippen molar-refractivity contribution < 1.29 is 4.74 Å². The van der Waals surface area contributed by atoms with E-state index in [2.05, 4.69) is 25.6 Å². The molecule has 0 aromatic carbocycles. The minimum absolute atomic E-state index is 0.564. The van der Waals surface area contributed by atoms with E-state index in [1.807, 2.05) is 37.6 Å². The minimum Gasteiger partial charge on any atom is -0.380 e. The lowest BCUT2D eigenvalue weighted by atomic mass is 10.3. The Morgan fingerprint density at radius 2 is 2.11 bits per heavy atom. The Labute approximate surface area is 158 Å². The molecule has 3 aromatic heterocycles. The summed E-state index contributed by atoms with van der Waals surface area (Å²) >= 11 is 0. The third-order valence-electron chi connectivity index (χ3n) is 3.87. The van der Waals surface area contributed by atoms with Gasteiger partial charge in [0.2, 0.25) is 5.95 Å². The van der Waals surface area contributed by atoms with E-state index in [1.165, 1.54) is 6.33 Å². The minimum atomic E-state index is 0.564. The van der Waals surface area contributed by atoms with Gasteiger partial charge >= 0.3 is 0 Å². The number of rotatable bonds is 9. The van der Waals surface area contributed by atoms with Crippen LogP contribution in [0.5, 0.6) is 0 Å². The van der Waals surface area contributed by atoms with E-state index in [1.54, 1.807) is 12.3 Å². The number of nitrogens with zero attached hydrogens (tertiary/aromatic N) is 7. The number of fused-ring (bicyclic) bond motifs is 1. The highest BCUT2D eigenvalue weighted by Crippen LogP contribution is 2.27. The highest BCUT2D eigenvalue weighted by molar-refractivity contribution is 5.90. The number of hydrogen-bond acceptors (Lipinski definition) is 9. The van der Waals surface area contributed by atoms with Crippen LogP contribution >= 0.6 is 0 Å². The predicted octanol–water partition coefficient (Wildman–Crippen LogP) is 1.18. The van der Waals surface area contributed by atoms with Gasteiger partial charge < -0.3 is 20.3 Å². The molecule has 0 spiro atoms. The first kappa shape index (κ1) is 18.9. The van der Waals surface area contributed by atoms with Crippen LogP contribution in [0.1, 0.15) is 12.6 Å². The summed E-state index contributed by atoms with van der Waals surface area (Å²) in [5.41, 5.74) is 2.49. The fourth-order valence-electron chi connectivity index (χ4n) is 2.65. The van der Waals surface area contributed by atoms with Gasteiger partial charge in [-0.05, 0) is 20.0 Å². The second kappa shape index (κ2) is 8.69. The lowest BCUT2D eigenvalue weighted by Gasteiger charge is -2.14. The lowest BCUT2D eigenvalue weighted by molar-refractivity contribution is 0.137. The highest BCUT2D eigenvalue weighted by Gasteiger charge is 2.19. The monoisotopic (exact) mass is 371 g/mol. The molecule has 0 fully saturated rings. The molecule has 0 unspecified atom stereocenters. The van der Waals surface area contributed by atoms with Crippen molar-refractivity contribution in [3.05, 3.63) is 24.3 Å². The first-order chi connectivity index (χ1) is 13.1. The summed E-state index contributed by atoms with van der Waals surface area (Å²) in [5.74, 6) is 1.90. The van der Waals surface area contributed by atoms with Gasteiger partial charge in [-0.1, -0.05) is 0 Å². The van der Waals surface area contributed by atoms with E-state index in [9.17, 15) is 0 Å². The summed E-state index contributed by atoms with van der Waals surface area (Å²) in [6.45, 7) is 4.42. The van der Waals surface area contributed by atoms with E-state index < -0.39 is 0 Å². The van der Waals surface area contributed by atoms with Crippen LogP contribution in [-0.2, 0) is 17.8 Å². The van der Waals surface area contributed by atoms with E-state index >= 15 is 0 Å². The van der Waals surface area contributed by atoms with Crippen molar-refractivity contribution in [2.45, 2.75) is 20.0 Å². The van der Waals surface area contributed by atoms with Crippen LogP contribution < -0.4 is 15.5 Å². The molecule has 0 radical (unpaired) electrons. The van der Waals surface area contributed by atoms with E-state index in [4.69, 9.17) is 14.8 Å². The zero-order chi connectivity index (χ0) is 19.2. The molecule has 0 atom stereocenters. The predicted molar refractivity (Wildman–Crippen MR) is 104 cm³/mol. The van der Waals surface area contributed by atoms with E-state index in [-0.39, 0.29) is 0 Å². The maximum Gasteiger partial charge on any atom is 0.227 e. The highest BCUT2D eigenvalue weighted by atomic mass is 16.5. The summed E-state index contributed by atoms with van der Waals surface area (Å²) in [7, 11) is 5.71. The zero-order valence-corrected chi connectivity index (χ0v) is 16.1. The van der Waals surface area contributed by atoms with Gasteiger partial charge in [-0.3, -0.25) is 4.68 Å². The van der Waals surface area contributed by atoms with Crippen molar-refractivity contribution in [2.75, 3.05) is 44.6 Å². The first-order valence-electron chi connectivity index (χ1n) is 8.84. The maximum atomic E-state index is 5.51. The molecule has 0 bridgehead atoms. The van der Waals surface area contributed by atoms with Gasteiger partial charge in [0, 0.05) is 33.4 Å². The molecule has 3 heterocycles. The average molecular weight is 371 g/mol. The Balaban J connectivity index is 2.13. The molecular weight excluding hydrogens is 346 g/mol. The van der Waals surface area contributed by atoms with Gasteiger partial charge in [-0.15, -0.1) is 0 Å². The summed E-state index contributed by atoms with van der Waals surface area (Å²) in [4.78, 5) is 19.5. The SMILES string of the molecule is CCOCCn1nc(CNC)c2nc(N(C)C)nc(Nc3ccncn3)c21. The smallest absolute Gasteiger partial charge is 0.227 e. The first-order valence-corrected chi connectivity index (χ1v) is 8.84. The second-order valence-corrected chi connectivity index (χ2v) is 6.08. The lowest BCUT2D eigenvalue weighted by Crippen LogP contribution is -2.15. The molecule has 0 saturated carbocycles. The van der Waals surface area contributed by atoms with Crippen LogP contribution in [-0.4, -0.2) is 64.1 Å². The van der Waals surface area contributed by atoms with Crippen LogP contribution in [0, 0.1) is 0 Å². The molecule has 0 saturated heterocycles. The molecule has 27 heavy (non-hydrogen) atoms. The number of aromatic nitrogens is 6. The standard InChI is InChI=1S/C17H25N9O/c1-5-27-9-8-26-15-14(12(24-26)10-18-2)22-17(25(3)4)23-16(15)21-13-6-7-19-11-20-13/h6-7,11,18H,5,8-10H2,1-4H3,(H,19,20,21,22,23).